The van der Waals surface area contributed by atoms with Crippen molar-refractivity contribution in [1.82, 2.24) is 34.4 Å². The fourth-order valence-corrected chi connectivity index (χ4v) is 4.47. The third kappa shape index (κ3) is 5.08. The normalized spacial score (nSPS) is 10.5. The van der Waals surface area contributed by atoms with Crippen molar-refractivity contribution in [3.63, 3.8) is 0 Å². The summed E-state index contributed by atoms with van der Waals surface area (Å²) in [5, 5.41) is 7.87. The molecule has 0 spiro atoms. The quantitative estimate of drug-likeness (QED) is 0.305. The van der Waals surface area contributed by atoms with Crippen LogP contribution in [-0.2, 0) is 13.5 Å². The van der Waals surface area contributed by atoms with Crippen molar-refractivity contribution in [3.8, 4) is 23.0 Å². The zero-order valence-electron chi connectivity index (χ0n) is 21.9. The summed E-state index contributed by atoms with van der Waals surface area (Å²) in [4.78, 5) is 23.0. The summed E-state index contributed by atoms with van der Waals surface area (Å²) < 4.78 is 3.41. The minimum atomic E-state index is -0.285. The number of anilines is 1. The molecule has 6 aromatic rings. The number of nitrogens with one attached hydrogen (secondary N) is 2. The van der Waals surface area contributed by atoms with Crippen molar-refractivity contribution in [2.45, 2.75) is 13.3 Å². The maximum absolute atomic E-state index is 11.5. The van der Waals surface area contributed by atoms with Crippen LogP contribution in [0, 0.1) is 11.8 Å². The topological polar surface area (TPSA) is 119 Å². The summed E-state index contributed by atoms with van der Waals surface area (Å²) in [6.45, 7) is 2.18. The van der Waals surface area contributed by atoms with Crippen molar-refractivity contribution in [2.75, 3.05) is 12.8 Å². The zero-order chi connectivity index (χ0) is 27.4. The Balaban J connectivity index is 0.000000186. The highest BCUT2D eigenvalue weighted by atomic mass is 16.1. The maximum Gasteiger partial charge on any atom is 0.258 e. The van der Waals surface area contributed by atoms with Crippen LogP contribution in [0.2, 0.25) is 0 Å². The van der Waals surface area contributed by atoms with E-state index in [1.54, 1.807) is 27.7 Å². The van der Waals surface area contributed by atoms with E-state index in [1.165, 1.54) is 35.6 Å². The molecule has 9 nitrogen and oxygen atoms in total. The van der Waals surface area contributed by atoms with Gasteiger partial charge in [0.15, 0.2) is 5.65 Å². The van der Waals surface area contributed by atoms with Crippen molar-refractivity contribution < 1.29 is 4.79 Å². The summed E-state index contributed by atoms with van der Waals surface area (Å²) in [7, 11) is 3.44. The highest BCUT2D eigenvalue weighted by molar-refractivity contribution is 6.03. The maximum atomic E-state index is 11.5. The van der Waals surface area contributed by atoms with Gasteiger partial charge in [-0.25, -0.2) is 9.97 Å². The second-order valence-corrected chi connectivity index (χ2v) is 8.82. The van der Waals surface area contributed by atoms with Crippen LogP contribution in [0.25, 0.3) is 27.7 Å². The third-order valence-corrected chi connectivity index (χ3v) is 6.29. The largest absolute Gasteiger partial charge is 0.383 e. The molecule has 1 amide bonds. The van der Waals surface area contributed by atoms with Crippen LogP contribution in [0.3, 0.4) is 0 Å². The number of aromatic amines is 1. The molecule has 0 aliphatic heterocycles. The van der Waals surface area contributed by atoms with Crippen LogP contribution in [0.1, 0.15) is 34.1 Å². The van der Waals surface area contributed by atoms with Gasteiger partial charge < -0.3 is 16.0 Å². The molecule has 4 aromatic heterocycles. The molecule has 0 saturated heterocycles. The fraction of sp³-hybridized carbons (Fsp3) is 0.133. The number of carbonyl (C=O) groups excluding carboxylic acids is 1. The van der Waals surface area contributed by atoms with E-state index in [4.69, 9.17) is 5.73 Å². The first-order valence-electron chi connectivity index (χ1n) is 12.5. The van der Waals surface area contributed by atoms with Crippen molar-refractivity contribution >= 4 is 28.3 Å². The number of aromatic nitrogens is 6. The Labute approximate surface area is 225 Å². The van der Waals surface area contributed by atoms with Gasteiger partial charge in [-0.15, -0.1) is 0 Å². The SMILES string of the molecule is CCc1[nH]c2cccc(C#Cc3cnn(C)c3)c2c1-c1ccccc1.CNC(=O)c1c(N)ncn2ccnc12. The highest BCUT2D eigenvalue weighted by Gasteiger charge is 2.15. The van der Waals surface area contributed by atoms with Gasteiger partial charge in [0.2, 0.25) is 0 Å². The molecule has 0 atom stereocenters. The summed E-state index contributed by atoms with van der Waals surface area (Å²) in [5.74, 6) is 6.47. The molecule has 9 heteroatoms. The lowest BCUT2D eigenvalue weighted by atomic mass is 9.98. The monoisotopic (exact) mass is 516 g/mol. The number of aryl methyl sites for hydroxylation is 2. The minimum absolute atomic E-state index is 0.183. The summed E-state index contributed by atoms with van der Waals surface area (Å²) in [6, 6.07) is 16.8. The lowest BCUT2D eigenvalue weighted by Crippen LogP contribution is -2.21. The van der Waals surface area contributed by atoms with E-state index < -0.39 is 0 Å². The van der Waals surface area contributed by atoms with E-state index in [-0.39, 0.29) is 11.7 Å². The molecule has 0 radical (unpaired) electrons. The molecular weight excluding hydrogens is 488 g/mol. The number of H-pyrrole nitrogens is 1. The lowest BCUT2D eigenvalue weighted by Gasteiger charge is -2.04. The van der Waals surface area contributed by atoms with Gasteiger partial charge in [0.25, 0.3) is 5.91 Å². The number of rotatable bonds is 3. The van der Waals surface area contributed by atoms with Crippen LogP contribution in [-0.4, -0.2) is 42.1 Å². The molecule has 4 N–H and O–H groups in total. The Morgan fingerprint density at radius 2 is 1.92 bits per heavy atom. The molecule has 0 aliphatic rings. The first-order valence-corrected chi connectivity index (χ1v) is 12.5. The number of hydrogen-bond donors (Lipinski definition) is 3. The first kappa shape index (κ1) is 25.3. The van der Waals surface area contributed by atoms with E-state index in [9.17, 15) is 4.79 Å². The molecule has 2 aromatic carbocycles. The number of fused-ring (bicyclic) bond motifs is 2. The van der Waals surface area contributed by atoms with Gasteiger partial charge in [-0.1, -0.05) is 55.2 Å². The Morgan fingerprint density at radius 1 is 1.10 bits per heavy atom. The fourth-order valence-electron chi connectivity index (χ4n) is 4.47. The first-order chi connectivity index (χ1) is 19.0. The molecular formula is C30H28N8O. The number of nitrogens with two attached hydrogens (primary N) is 1. The number of benzene rings is 2. The Hall–Kier alpha value is -5.36. The third-order valence-electron chi connectivity index (χ3n) is 6.29. The van der Waals surface area contributed by atoms with Crippen molar-refractivity contribution in [3.05, 3.63) is 102 Å². The predicted molar refractivity (Wildman–Crippen MR) is 153 cm³/mol. The van der Waals surface area contributed by atoms with E-state index in [0.29, 0.717) is 11.2 Å². The van der Waals surface area contributed by atoms with Crippen LogP contribution in [0.5, 0.6) is 0 Å². The van der Waals surface area contributed by atoms with Gasteiger partial charge in [0, 0.05) is 60.4 Å². The number of hydrogen-bond acceptors (Lipinski definition) is 5. The van der Waals surface area contributed by atoms with Crippen LogP contribution >= 0.6 is 0 Å². The van der Waals surface area contributed by atoms with Gasteiger partial charge in [-0.05, 0) is 24.1 Å². The minimum Gasteiger partial charge on any atom is -0.383 e. The lowest BCUT2D eigenvalue weighted by molar-refractivity contribution is 0.0964. The van der Waals surface area contributed by atoms with Crippen LogP contribution in [0.15, 0.2) is 79.6 Å². The number of imidazole rings is 1. The Bertz CT molecular complexity index is 1830. The van der Waals surface area contributed by atoms with Crippen LogP contribution in [0.4, 0.5) is 5.82 Å². The van der Waals surface area contributed by atoms with Gasteiger partial charge in [-0.2, -0.15) is 5.10 Å². The number of nitrogen functional groups attached to an aromatic ring is 1. The standard InChI is InChI=1S/C22H19N3.C8H9N5O/c1-3-19-21(17-8-5-4-6-9-17)22-18(10-7-11-20(22)24-19)13-12-16-14-23-25(2)15-16;1-10-8(14)5-6(9)12-4-13-3-2-11-7(5)13/h4-11,14-15,24H,3H2,1-2H3;2-4H,9H2,1H3,(H,10,14). The van der Waals surface area contributed by atoms with Gasteiger partial charge in [-0.3, -0.25) is 13.9 Å². The number of nitrogens with zero attached hydrogens (tertiary/aromatic N) is 5. The molecule has 0 aliphatic carbocycles. The van der Waals surface area contributed by atoms with E-state index in [0.717, 1.165) is 23.1 Å². The number of amides is 1. The predicted octanol–water partition coefficient (Wildman–Crippen LogP) is 4.20. The molecule has 4 heterocycles. The smallest absolute Gasteiger partial charge is 0.258 e. The molecule has 6 rings (SSSR count). The summed E-state index contributed by atoms with van der Waals surface area (Å²) in [6.07, 6.45) is 9.48. The Morgan fingerprint density at radius 3 is 2.64 bits per heavy atom. The molecule has 0 fully saturated rings. The second-order valence-electron chi connectivity index (χ2n) is 8.82. The van der Waals surface area contributed by atoms with E-state index >= 15 is 0 Å². The van der Waals surface area contributed by atoms with E-state index in [1.807, 2.05) is 19.3 Å². The number of carbonyl (C=O) groups is 1. The van der Waals surface area contributed by atoms with Crippen molar-refractivity contribution in [2.24, 2.45) is 7.05 Å². The summed E-state index contributed by atoms with van der Waals surface area (Å²) in [5.41, 5.74) is 13.2. The van der Waals surface area contributed by atoms with Gasteiger partial charge in [0.1, 0.15) is 17.7 Å². The zero-order valence-corrected chi connectivity index (χ0v) is 21.9. The highest BCUT2D eigenvalue weighted by Crippen LogP contribution is 2.34. The molecule has 39 heavy (non-hydrogen) atoms. The summed E-state index contributed by atoms with van der Waals surface area (Å²) >= 11 is 0. The molecule has 0 bridgehead atoms. The average Bonchev–Trinajstić information content (AvgIpc) is 3.70. The van der Waals surface area contributed by atoms with E-state index in [2.05, 4.69) is 86.6 Å². The van der Waals surface area contributed by atoms with Crippen LogP contribution < -0.4 is 11.1 Å². The Kier molecular flexibility index (Phi) is 7.10. The molecule has 0 unspecified atom stereocenters. The van der Waals surface area contributed by atoms with Gasteiger partial charge in [0.05, 0.1) is 11.8 Å². The molecule has 0 saturated carbocycles. The average molecular weight is 517 g/mol. The van der Waals surface area contributed by atoms with Crippen molar-refractivity contribution in [1.29, 1.82) is 0 Å². The van der Waals surface area contributed by atoms with Gasteiger partial charge >= 0.3 is 0 Å². The second kappa shape index (κ2) is 10.9. The molecule has 194 valence electrons.